The first-order valence-corrected chi connectivity index (χ1v) is 9.08. The molecule has 1 heterocycles. The zero-order chi connectivity index (χ0) is 18.6. The third-order valence-electron chi connectivity index (χ3n) is 3.49. The number of hydrogen-bond donors (Lipinski definition) is 1. The Labute approximate surface area is 156 Å². The summed E-state index contributed by atoms with van der Waals surface area (Å²) in [5.74, 6) is 1.10. The van der Waals surface area contributed by atoms with E-state index in [0.29, 0.717) is 23.3 Å². The number of nitrogens with two attached hydrogens (primary N) is 1. The average Bonchev–Trinajstić information content (AvgIpc) is 2.94. The fraction of sp³-hybridized carbons (Fsp3) is 0.353. The summed E-state index contributed by atoms with van der Waals surface area (Å²) in [6.07, 6.45) is 1.40. The van der Waals surface area contributed by atoms with Gasteiger partial charge in [-0.05, 0) is 44.0 Å². The van der Waals surface area contributed by atoms with Crippen LogP contribution in [0.2, 0.25) is 5.02 Å². The Balaban J connectivity index is 2.24. The van der Waals surface area contributed by atoms with Crippen LogP contribution in [0.4, 0.5) is 0 Å². The van der Waals surface area contributed by atoms with E-state index in [-0.39, 0.29) is 11.9 Å². The smallest absolute Gasteiger partial charge is 0.227 e. The summed E-state index contributed by atoms with van der Waals surface area (Å²) in [7, 11) is 0. The molecule has 2 aromatic rings. The molecule has 0 bridgehead atoms. The molecule has 1 atom stereocenters. The quantitative estimate of drug-likeness (QED) is 0.560. The van der Waals surface area contributed by atoms with Gasteiger partial charge in [-0.15, -0.1) is 16.8 Å². The number of aromatic nitrogens is 3. The van der Waals surface area contributed by atoms with Crippen molar-refractivity contribution in [1.82, 2.24) is 14.8 Å². The number of ether oxygens (including phenoxy) is 1. The maximum Gasteiger partial charge on any atom is 0.227 e. The number of rotatable bonds is 8. The van der Waals surface area contributed by atoms with Gasteiger partial charge in [0.25, 0.3) is 0 Å². The number of amides is 1. The minimum absolute atomic E-state index is 0.139. The van der Waals surface area contributed by atoms with E-state index in [1.165, 1.54) is 11.8 Å². The van der Waals surface area contributed by atoms with Crippen molar-refractivity contribution in [3.63, 3.8) is 0 Å². The zero-order valence-electron chi connectivity index (χ0n) is 14.5. The summed E-state index contributed by atoms with van der Waals surface area (Å²) >= 11 is 7.44. The summed E-state index contributed by atoms with van der Waals surface area (Å²) in [5, 5.41) is 9.69. The van der Waals surface area contributed by atoms with Crippen LogP contribution in [0.5, 0.6) is 5.75 Å². The molecule has 0 radical (unpaired) electrons. The van der Waals surface area contributed by atoms with Crippen LogP contribution in [0.3, 0.4) is 0 Å². The number of carbonyl (C=O) groups excluding carboxylic acids is 1. The Morgan fingerprint density at radius 1 is 1.44 bits per heavy atom. The van der Waals surface area contributed by atoms with Gasteiger partial charge in [0.05, 0.1) is 5.75 Å². The first kappa shape index (κ1) is 19.3. The molecule has 25 heavy (non-hydrogen) atoms. The SMILES string of the molecule is C=CCn1c(SCC(N)=O)nnc1C(C)Oc1cc(C)c(Cl)c(C)c1. The zero-order valence-corrected chi connectivity index (χ0v) is 16.0. The fourth-order valence-electron chi connectivity index (χ4n) is 2.37. The number of thioether (sulfide) groups is 1. The minimum Gasteiger partial charge on any atom is -0.483 e. The van der Waals surface area contributed by atoms with E-state index >= 15 is 0 Å². The van der Waals surface area contributed by atoms with Gasteiger partial charge in [0.2, 0.25) is 5.91 Å². The second kappa shape index (κ2) is 8.40. The second-order valence-electron chi connectivity index (χ2n) is 5.63. The van der Waals surface area contributed by atoms with Crippen molar-refractivity contribution in [2.75, 3.05) is 5.75 Å². The molecule has 0 saturated heterocycles. The second-order valence-corrected chi connectivity index (χ2v) is 6.95. The van der Waals surface area contributed by atoms with Crippen molar-refractivity contribution in [3.05, 3.63) is 46.8 Å². The Morgan fingerprint density at radius 2 is 2.08 bits per heavy atom. The lowest BCUT2D eigenvalue weighted by atomic mass is 10.1. The summed E-state index contributed by atoms with van der Waals surface area (Å²) in [6.45, 7) is 10.0. The lowest BCUT2D eigenvalue weighted by molar-refractivity contribution is -0.115. The van der Waals surface area contributed by atoms with Crippen molar-refractivity contribution in [3.8, 4) is 5.75 Å². The van der Waals surface area contributed by atoms with Crippen LogP contribution in [0.15, 0.2) is 29.9 Å². The van der Waals surface area contributed by atoms with Gasteiger partial charge < -0.3 is 10.5 Å². The first-order chi connectivity index (χ1) is 11.8. The number of benzene rings is 1. The molecule has 1 unspecified atom stereocenters. The lowest BCUT2D eigenvalue weighted by Crippen LogP contribution is -2.15. The third-order valence-corrected chi connectivity index (χ3v) is 5.07. The summed E-state index contributed by atoms with van der Waals surface area (Å²) in [6, 6.07) is 3.78. The van der Waals surface area contributed by atoms with Gasteiger partial charge in [0, 0.05) is 11.6 Å². The largest absolute Gasteiger partial charge is 0.483 e. The van der Waals surface area contributed by atoms with Gasteiger partial charge in [0.1, 0.15) is 5.75 Å². The van der Waals surface area contributed by atoms with Crippen molar-refractivity contribution in [1.29, 1.82) is 0 Å². The maximum absolute atomic E-state index is 11.0. The molecule has 6 nitrogen and oxygen atoms in total. The predicted octanol–water partition coefficient (Wildman–Crippen LogP) is 3.45. The number of aryl methyl sites for hydroxylation is 2. The van der Waals surface area contributed by atoms with E-state index in [1.807, 2.05) is 37.5 Å². The van der Waals surface area contributed by atoms with E-state index in [2.05, 4.69) is 16.8 Å². The highest BCUT2D eigenvalue weighted by atomic mass is 35.5. The van der Waals surface area contributed by atoms with Gasteiger partial charge >= 0.3 is 0 Å². The fourth-order valence-corrected chi connectivity index (χ4v) is 3.18. The molecule has 0 fully saturated rings. The molecule has 8 heteroatoms. The van der Waals surface area contributed by atoms with Gasteiger partial charge in [-0.2, -0.15) is 0 Å². The van der Waals surface area contributed by atoms with Crippen LogP contribution in [0.1, 0.15) is 30.0 Å². The topological polar surface area (TPSA) is 83.0 Å². The molecular weight excluding hydrogens is 360 g/mol. The van der Waals surface area contributed by atoms with Crippen molar-refractivity contribution in [2.45, 2.75) is 38.6 Å². The number of allylic oxidation sites excluding steroid dienone is 1. The molecule has 0 aliphatic rings. The number of hydrogen-bond acceptors (Lipinski definition) is 5. The highest BCUT2D eigenvalue weighted by molar-refractivity contribution is 7.99. The average molecular weight is 381 g/mol. The van der Waals surface area contributed by atoms with Gasteiger partial charge in [-0.25, -0.2) is 0 Å². The van der Waals surface area contributed by atoms with Crippen LogP contribution >= 0.6 is 23.4 Å². The summed E-state index contributed by atoms with van der Waals surface area (Å²) < 4.78 is 7.89. The predicted molar refractivity (Wildman–Crippen MR) is 100 cm³/mol. The van der Waals surface area contributed by atoms with E-state index < -0.39 is 5.91 Å². The van der Waals surface area contributed by atoms with Gasteiger partial charge in [-0.3, -0.25) is 9.36 Å². The maximum atomic E-state index is 11.0. The van der Waals surface area contributed by atoms with Crippen LogP contribution < -0.4 is 10.5 Å². The molecule has 1 amide bonds. The van der Waals surface area contributed by atoms with E-state index in [0.717, 1.165) is 16.1 Å². The van der Waals surface area contributed by atoms with Crippen LogP contribution in [-0.4, -0.2) is 26.4 Å². The molecule has 134 valence electrons. The Morgan fingerprint density at radius 3 is 2.64 bits per heavy atom. The Kier molecular flexibility index (Phi) is 6.50. The highest BCUT2D eigenvalue weighted by Gasteiger charge is 2.20. The van der Waals surface area contributed by atoms with Crippen molar-refractivity contribution < 1.29 is 9.53 Å². The van der Waals surface area contributed by atoms with Crippen LogP contribution in [-0.2, 0) is 11.3 Å². The normalized spacial score (nSPS) is 12.0. The first-order valence-electron chi connectivity index (χ1n) is 7.72. The minimum atomic E-state index is -0.406. The summed E-state index contributed by atoms with van der Waals surface area (Å²) in [4.78, 5) is 11.0. The molecule has 0 aliphatic carbocycles. The Hall–Kier alpha value is -1.99. The van der Waals surface area contributed by atoms with Crippen LogP contribution in [0, 0.1) is 13.8 Å². The molecule has 0 saturated carbocycles. The molecular formula is C17H21ClN4O2S. The molecule has 2 rings (SSSR count). The Bertz CT molecular complexity index is 768. The van der Waals surface area contributed by atoms with E-state index in [1.54, 1.807) is 6.08 Å². The van der Waals surface area contributed by atoms with Gasteiger partial charge in [-0.1, -0.05) is 29.4 Å². The van der Waals surface area contributed by atoms with Crippen molar-refractivity contribution in [2.24, 2.45) is 5.73 Å². The van der Waals surface area contributed by atoms with Crippen LogP contribution in [0.25, 0.3) is 0 Å². The lowest BCUT2D eigenvalue weighted by Gasteiger charge is -2.17. The highest BCUT2D eigenvalue weighted by Crippen LogP contribution is 2.29. The van der Waals surface area contributed by atoms with Crippen molar-refractivity contribution >= 4 is 29.3 Å². The molecule has 0 aliphatic heterocycles. The van der Waals surface area contributed by atoms with E-state index in [9.17, 15) is 4.79 Å². The summed E-state index contributed by atoms with van der Waals surface area (Å²) in [5.41, 5.74) is 7.11. The number of carbonyl (C=O) groups is 1. The standard InChI is InChI=1S/C17H21ClN4O2S/c1-5-6-22-16(20-21-17(22)25-9-14(19)23)12(4)24-13-7-10(2)15(18)11(3)8-13/h5,7-8,12H,1,6,9H2,2-4H3,(H2,19,23). The van der Waals surface area contributed by atoms with Gasteiger partial charge in [0.15, 0.2) is 17.1 Å². The number of nitrogens with zero attached hydrogens (tertiary/aromatic N) is 3. The third kappa shape index (κ3) is 4.76. The molecule has 1 aromatic carbocycles. The monoisotopic (exact) mass is 380 g/mol. The molecule has 0 spiro atoms. The number of primary amides is 1. The number of halogens is 1. The molecule has 2 N–H and O–H groups in total. The van der Waals surface area contributed by atoms with E-state index in [4.69, 9.17) is 22.1 Å². The molecule has 1 aromatic heterocycles.